The predicted molar refractivity (Wildman–Crippen MR) is 83.1 cm³/mol. The third-order valence-electron chi connectivity index (χ3n) is 2.79. The predicted octanol–water partition coefficient (Wildman–Crippen LogP) is 2.76. The minimum Gasteiger partial charge on any atom is -0.377 e. The highest BCUT2D eigenvalue weighted by Gasteiger charge is 2.23. The number of nitrogens with zero attached hydrogens (tertiary/aromatic N) is 2. The van der Waals surface area contributed by atoms with Gasteiger partial charge >= 0.3 is 0 Å². The quantitative estimate of drug-likeness (QED) is 0.873. The number of thiazole rings is 1. The number of nitrogens with two attached hydrogens (primary N) is 1. The van der Waals surface area contributed by atoms with E-state index in [0.717, 1.165) is 24.0 Å². The fraction of sp³-hybridized carbons (Fsp3) is 0.786. The molecule has 1 aromatic rings. The molecule has 0 spiro atoms. The third kappa shape index (κ3) is 4.75. The van der Waals surface area contributed by atoms with Crippen LogP contribution in [0.2, 0.25) is 0 Å². The van der Waals surface area contributed by atoms with Gasteiger partial charge in [-0.1, -0.05) is 20.8 Å². The van der Waals surface area contributed by atoms with Gasteiger partial charge < -0.3 is 15.4 Å². The van der Waals surface area contributed by atoms with E-state index in [1.807, 2.05) is 13.8 Å². The molecule has 1 heterocycles. The van der Waals surface area contributed by atoms with Gasteiger partial charge in [-0.25, -0.2) is 4.98 Å². The van der Waals surface area contributed by atoms with Crippen molar-refractivity contribution in [3.05, 3.63) is 10.6 Å². The largest absolute Gasteiger partial charge is 0.377 e. The Labute approximate surface area is 121 Å². The highest BCUT2D eigenvalue weighted by molar-refractivity contribution is 7.15. The molecule has 0 radical (unpaired) electrons. The Hall–Kier alpha value is -0.650. The highest BCUT2D eigenvalue weighted by Crippen LogP contribution is 2.33. The van der Waals surface area contributed by atoms with Gasteiger partial charge in [-0.05, 0) is 13.8 Å². The molecule has 0 unspecified atom stereocenters. The molecule has 1 rings (SSSR count). The maximum atomic E-state index is 5.83. The van der Waals surface area contributed by atoms with Crippen molar-refractivity contribution >= 4 is 16.5 Å². The molecule has 4 nitrogen and oxygen atoms in total. The van der Waals surface area contributed by atoms with Crippen molar-refractivity contribution in [2.45, 2.75) is 52.7 Å². The Balaban J connectivity index is 2.76. The summed E-state index contributed by atoms with van der Waals surface area (Å²) >= 11 is 1.69. The van der Waals surface area contributed by atoms with Gasteiger partial charge in [-0.15, -0.1) is 11.3 Å². The average Bonchev–Trinajstić information content (AvgIpc) is 2.71. The number of ether oxygens (including phenoxy) is 1. The van der Waals surface area contributed by atoms with E-state index in [9.17, 15) is 0 Å². The number of likely N-dealkylation sites (N-methyl/N-ethyl adjacent to an activating group) is 1. The molecule has 0 amide bonds. The molecule has 0 atom stereocenters. The van der Waals surface area contributed by atoms with E-state index in [1.54, 1.807) is 11.3 Å². The van der Waals surface area contributed by atoms with Gasteiger partial charge in [0.05, 0.1) is 18.4 Å². The molecule has 2 N–H and O–H groups in total. The molecule has 5 heteroatoms. The topological polar surface area (TPSA) is 51.4 Å². The standard InChI is InChI=1S/C14H27N3OS/c1-10(2)18-8-7-17(6)13-16-12(14(3,4)5)11(9-15)19-13/h10H,7-9,15H2,1-6H3. The van der Waals surface area contributed by atoms with Gasteiger partial charge in [-0.3, -0.25) is 0 Å². The van der Waals surface area contributed by atoms with E-state index < -0.39 is 0 Å². The van der Waals surface area contributed by atoms with Crippen LogP contribution in [0.4, 0.5) is 5.13 Å². The number of anilines is 1. The summed E-state index contributed by atoms with van der Waals surface area (Å²) < 4.78 is 5.58. The first kappa shape index (κ1) is 16.4. The lowest BCUT2D eigenvalue weighted by Crippen LogP contribution is -2.24. The fourth-order valence-electron chi connectivity index (χ4n) is 1.75. The maximum Gasteiger partial charge on any atom is 0.185 e. The van der Waals surface area contributed by atoms with Crippen LogP contribution in [0.15, 0.2) is 0 Å². The summed E-state index contributed by atoms with van der Waals surface area (Å²) in [5.74, 6) is 0. The van der Waals surface area contributed by atoms with Crippen LogP contribution in [0.5, 0.6) is 0 Å². The SMILES string of the molecule is CC(C)OCCN(C)c1nc(C(C)(C)C)c(CN)s1. The molecule has 0 saturated carbocycles. The van der Waals surface area contributed by atoms with Crippen LogP contribution in [-0.2, 0) is 16.7 Å². The lowest BCUT2D eigenvalue weighted by molar-refractivity contribution is 0.0846. The second-order valence-electron chi connectivity index (χ2n) is 6.06. The second-order valence-corrected chi connectivity index (χ2v) is 7.13. The van der Waals surface area contributed by atoms with Gasteiger partial charge in [0, 0.05) is 30.4 Å². The summed E-state index contributed by atoms with van der Waals surface area (Å²) in [6.07, 6.45) is 0.273. The minimum atomic E-state index is 0.0404. The number of aromatic nitrogens is 1. The van der Waals surface area contributed by atoms with Crippen LogP contribution in [0.1, 0.15) is 45.2 Å². The van der Waals surface area contributed by atoms with E-state index in [4.69, 9.17) is 15.5 Å². The lowest BCUT2D eigenvalue weighted by atomic mass is 9.91. The Morgan fingerprint density at radius 1 is 1.37 bits per heavy atom. The van der Waals surface area contributed by atoms with E-state index in [0.29, 0.717) is 6.54 Å². The molecule has 0 fully saturated rings. The summed E-state index contributed by atoms with van der Waals surface area (Å²) in [7, 11) is 2.05. The minimum absolute atomic E-state index is 0.0404. The van der Waals surface area contributed by atoms with E-state index >= 15 is 0 Å². The molecular weight excluding hydrogens is 258 g/mol. The van der Waals surface area contributed by atoms with Crippen molar-refractivity contribution in [2.75, 3.05) is 25.1 Å². The zero-order valence-corrected chi connectivity index (χ0v) is 13.8. The molecule has 19 heavy (non-hydrogen) atoms. The lowest BCUT2D eigenvalue weighted by Gasteiger charge is -2.18. The molecule has 1 aromatic heterocycles. The summed E-state index contributed by atoms with van der Waals surface area (Å²) in [4.78, 5) is 8.08. The number of rotatable bonds is 6. The summed E-state index contributed by atoms with van der Waals surface area (Å²) in [6, 6.07) is 0. The second kappa shape index (κ2) is 6.68. The molecule has 0 bridgehead atoms. The Morgan fingerprint density at radius 2 is 2.00 bits per heavy atom. The Morgan fingerprint density at radius 3 is 2.42 bits per heavy atom. The summed E-state index contributed by atoms with van der Waals surface area (Å²) in [5, 5.41) is 1.03. The number of hydrogen-bond donors (Lipinski definition) is 1. The Kier molecular flexibility index (Phi) is 5.77. The third-order valence-corrected chi connectivity index (χ3v) is 3.98. The first-order valence-corrected chi connectivity index (χ1v) is 7.60. The van der Waals surface area contributed by atoms with Gasteiger partial charge in [0.2, 0.25) is 0 Å². The van der Waals surface area contributed by atoms with Gasteiger partial charge in [0.15, 0.2) is 5.13 Å². The molecular formula is C14H27N3OS. The van der Waals surface area contributed by atoms with Crippen molar-refractivity contribution in [3.63, 3.8) is 0 Å². The van der Waals surface area contributed by atoms with E-state index in [1.165, 1.54) is 4.88 Å². The summed E-state index contributed by atoms with van der Waals surface area (Å²) in [5.41, 5.74) is 6.99. The molecule has 0 aliphatic heterocycles. The van der Waals surface area contributed by atoms with E-state index in [2.05, 4.69) is 32.7 Å². The highest BCUT2D eigenvalue weighted by atomic mass is 32.1. The first-order valence-electron chi connectivity index (χ1n) is 6.78. The smallest absolute Gasteiger partial charge is 0.185 e. The zero-order valence-electron chi connectivity index (χ0n) is 13.0. The maximum absolute atomic E-state index is 5.83. The Bertz CT molecular complexity index is 396. The van der Waals surface area contributed by atoms with Crippen molar-refractivity contribution < 1.29 is 4.74 Å². The normalized spacial score (nSPS) is 12.2. The number of hydrogen-bond acceptors (Lipinski definition) is 5. The van der Waals surface area contributed by atoms with Crippen LogP contribution in [-0.4, -0.2) is 31.3 Å². The van der Waals surface area contributed by atoms with Gasteiger partial charge in [-0.2, -0.15) is 0 Å². The first-order chi connectivity index (χ1) is 8.75. The van der Waals surface area contributed by atoms with Gasteiger partial charge in [0.1, 0.15) is 0 Å². The summed E-state index contributed by atoms with van der Waals surface area (Å²) in [6.45, 7) is 12.7. The molecule has 110 valence electrons. The fourth-order valence-corrected chi connectivity index (χ4v) is 2.88. The van der Waals surface area contributed by atoms with Crippen LogP contribution < -0.4 is 10.6 Å². The van der Waals surface area contributed by atoms with Crippen LogP contribution in [0.25, 0.3) is 0 Å². The average molecular weight is 285 g/mol. The van der Waals surface area contributed by atoms with Gasteiger partial charge in [0.25, 0.3) is 0 Å². The van der Waals surface area contributed by atoms with Crippen molar-refractivity contribution in [1.29, 1.82) is 0 Å². The molecule has 0 saturated heterocycles. The molecule has 0 aromatic carbocycles. The van der Waals surface area contributed by atoms with E-state index in [-0.39, 0.29) is 11.5 Å². The van der Waals surface area contributed by atoms with Crippen LogP contribution >= 0.6 is 11.3 Å². The van der Waals surface area contributed by atoms with Crippen molar-refractivity contribution in [2.24, 2.45) is 5.73 Å². The van der Waals surface area contributed by atoms with Crippen molar-refractivity contribution in [1.82, 2.24) is 4.98 Å². The van der Waals surface area contributed by atoms with Crippen molar-refractivity contribution in [3.8, 4) is 0 Å². The van der Waals surface area contributed by atoms with Crippen LogP contribution in [0.3, 0.4) is 0 Å². The monoisotopic (exact) mass is 285 g/mol. The molecule has 0 aliphatic rings. The van der Waals surface area contributed by atoms with Crippen LogP contribution in [0, 0.1) is 0 Å². The molecule has 0 aliphatic carbocycles. The zero-order chi connectivity index (χ0) is 14.6.